The SMILES string of the molecule is Cc1cnc(NC(=O)[C@H](C)N2C(=O)[C@H]3CCCC[C@@H]3C2=O)s1. The molecule has 22 heavy (non-hydrogen) atoms. The van der Waals surface area contributed by atoms with Crippen molar-refractivity contribution in [2.75, 3.05) is 5.32 Å². The highest BCUT2D eigenvalue weighted by Crippen LogP contribution is 2.38. The van der Waals surface area contributed by atoms with Gasteiger partial charge in [0.15, 0.2) is 5.13 Å². The molecule has 3 amide bonds. The van der Waals surface area contributed by atoms with Gasteiger partial charge in [0, 0.05) is 11.1 Å². The molecule has 0 aromatic carbocycles. The molecule has 3 atom stereocenters. The van der Waals surface area contributed by atoms with E-state index in [2.05, 4.69) is 10.3 Å². The first-order valence-electron chi connectivity index (χ1n) is 7.59. The van der Waals surface area contributed by atoms with E-state index in [9.17, 15) is 14.4 Å². The van der Waals surface area contributed by atoms with Crippen LogP contribution in [0, 0.1) is 18.8 Å². The van der Waals surface area contributed by atoms with Gasteiger partial charge in [-0.15, -0.1) is 11.3 Å². The minimum atomic E-state index is -0.796. The molecular weight excluding hydrogens is 302 g/mol. The second kappa shape index (κ2) is 5.79. The maximum Gasteiger partial charge on any atom is 0.249 e. The molecule has 118 valence electrons. The van der Waals surface area contributed by atoms with Crippen molar-refractivity contribution in [3.63, 3.8) is 0 Å². The predicted octanol–water partition coefficient (Wildman–Crippen LogP) is 1.95. The van der Waals surface area contributed by atoms with Crippen molar-refractivity contribution in [2.24, 2.45) is 11.8 Å². The molecule has 1 aliphatic heterocycles. The summed E-state index contributed by atoms with van der Waals surface area (Å²) < 4.78 is 0. The number of carbonyl (C=O) groups excluding carboxylic acids is 3. The molecule has 1 aromatic heterocycles. The third-order valence-corrected chi connectivity index (χ3v) is 5.32. The number of thiazole rings is 1. The average Bonchev–Trinajstić information content (AvgIpc) is 3.01. The molecule has 2 aliphatic rings. The maximum absolute atomic E-state index is 12.5. The Morgan fingerprint density at radius 1 is 1.32 bits per heavy atom. The van der Waals surface area contributed by atoms with E-state index in [1.807, 2.05) is 6.92 Å². The first kappa shape index (κ1) is 15.1. The molecule has 3 rings (SSSR count). The minimum absolute atomic E-state index is 0.187. The normalized spacial score (nSPS) is 26.0. The lowest BCUT2D eigenvalue weighted by Crippen LogP contribution is -2.46. The average molecular weight is 321 g/mol. The van der Waals surface area contributed by atoms with Crippen molar-refractivity contribution >= 4 is 34.2 Å². The number of rotatable bonds is 3. The standard InChI is InChI=1S/C15H19N3O3S/c1-8-7-16-15(22-8)17-12(19)9(2)18-13(20)10-5-3-4-6-11(10)14(18)21/h7,9-11H,3-6H2,1-2H3,(H,16,17,19)/t9-,10-,11-/m0/s1. The third kappa shape index (κ3) is 2.54. The number of aryl methyl sites for hydroxylation is 1. The van der Waals surface area contributed by atoms with Gasteiger partial charge in [-0.25, -0.2) is 4.98 Å². The zero-order valence-electron chi connectivity index (χ0n) is 12.7. The van der Waals surface area contributed by atoms with Crippen LogP contribution in [-0.2, 0) is 14.4 Å². The summed E-state index contributed by atoms with van der Waals surface area (Å²) in [4.78, 5) is 43.5. The van der Waals surface area contributed by atoms with E-state index in [-0.39, 0.29) is 29.6 Å². The zero-order chi connectivity index (χ0) is 15.9. The quantitative estimate of drug-likeness (QED) is 0.863. The lowest BCUT2D eigenvalue weighted by atomic mass is 9.81. The number of amides is 3. The van der Waals surface area contributed by atoms with Crippen LogP contribution in [0.4, 0.5) is 5.13 Å². The molecule has 0 radical (unpaired) electrons. The molecule has 0 spiro atoms. The summed E-state index contributed by atoms with van der Waals surface area (Å²) in [5.74, 6) is -1.19. The Labute approximate surface area is 132 Å². The topological polar surface area (TPSA) is 79.4 Å². The molecule has 0 bridgehead atoms. The van der Waals surface area contributed by atoms with Crippen LogP contribution >= 0.6 is 11.3 Å². The number of anilines is 1. The molecule has 1 saturated heterocycles. The van der Waals surface area contributed by atoms with Gasteiger partial charge in [-0.2, -0.15) is 0 Å². The first-order valence-corrected chi connectivity index (χ1v) is 8.41. The smallest absolute Gasteiger partial charge is 0.249 e. The molecule has 7 heteroatoms. The Balaban J connectivity index is 1.73. The molecule has 1 aromatic rings. The van der Waals surface area contributed by atoms with Crippen molar-refractivity contribution in [2.45, 2.75) is 45.6 Å². The van der Waals surface area contributed by atoms with Crippen LogP contribution in [0.5, 0.6) is 0 Å². The van der Waals surface area contributed by atoms with E-state index in [1.54, 1.807) is 13.1 Å². The van der Waals surface area contributed by atoms with E-state index >= 15 is 0 Å². The molecule has 1 aliphatic carbocycles. The van der Waals surface area contributed by atoms with E-state index in [4.69, 9.17) is 0 Å². The number of imide groups is 1. The number of aromatic nitrogens is 1. The molecule has 2 fully saturated rings. The molecule has 1 N–H and O–H groups in total. The van der Waals surface area contributed by atoms with Crippen LogP contribution in [0.1, 0.15) is 37.5 Å². The fraction of sp³-hybridized carbons (Fsp3) is 0.600. The number of hydrogen-bond acceptors (Lipinski definition) is 5. The van der Waals surface area contributed by atoms with Gasteiger partial charge >= 0.3 is 0 Å². The highest BCUT2D eigenvalue weighted by atomic mass is 32.1. The van der Waals surface area contributed by atoms with E-state index in [0.29, 0.717) is 5.13 Å². The monoisotopic (exact) mass is 321 g/mol. The predicted molar refractivity (Wildman–Crippen MR) is 82.2 cm³/mol. The summed E-state index contributed by atoms with van der Waals surface area (Å²) in [7, 11) is 0. The van der Waals surface area contributed by atoms with Crippen LogP contribution in [0.15, 0.2) is 6.20 Å². The highest BCUT2D eigenvalue weighted by molar-refractivity contribution is 7.15. The van der Waals surface area contributed by atoms with Crippen LogP contribution < -0.4 is 5.32 Å². The van der Waals surface area contributed by atoms with Crippen molar-refractivity contribution in [3.05, 3.63) is 11.1 Å². The lowest BCUT2D eigenvalue weighted by molar-refractivity contribution is -0.146. The number of likely N-dealkylation sites (tertiary alicyclic amines) is 1. The second-order valence-electron chi connectivity index (χ2n) is 5.99. The molecular formula is C15H19N3O3S. The number of carbonyl (C=O) groups is 3. The van der Waals surface area contributed by atoms with Crippen LogP contribution in [0.3, 0.4) is 0 Å². The van der Waals surface area contributed by atoms with Crippen molar-refractivity contribution in [1.29, 1.82) is 0 Å². The Morgan fingerprint density at radius 2 is 1.91 bits per heavy atom. The Morgan fingerprint density at radius 3 is 2.41 bits per heavy atom. The number of hydrogen-bond donors (Lipinski definition) is 1. The summed E-state index contributed by atoms with van der Waals surface area (Å²) in [5.41, 5.74) is 0. The van der Waals surface area contributed by atoms with E-state index in [1.165, 1.54) is 11.3 Å². The number of fused-ring (bicyclic) bond motifs is 1. The van der Waals surface area contributed by atoms with Crippen LogP contribution in [0.2, 0.25) is 0 Å². The second-order valence-corrected chi connectivity index (χ2v) is 7.22. The Hall–Kier alpha value is -1.76. The van der Waals surface area contributed by atoms with Gasteiger partial charge in [0.25, 0.3) is 0 Å². The first-order chi connectivity index (χ1) is 10.5. The van der Waals surface area contributed by atoms with Crippen molar-refractivity contribution in [3.8, 4) is 0 Å². The third-order valence-electron chi connectivity index (χ3n) is 4.49. The largest absolute Gasteiger partial charge is 0.300 e. The van der Waals surface area contributed by atoms with Crippen LogP contribution in [0.25, 0.3) is 0 Å². The van der Waals surface area contributed by atoms with Gasteiger partial charge in [0.1, 0.15) is 6.04 Å². The molecule has 1 saturated carbocycles. The number of nitrogens with one attached hydrogen (secondary N) is 1. The molecule has 6 nitrogen and oxygen atoms in total. The van der Waals surface area contributed by atoms with Gasteiger partial charge in [-0.3, -0.25) is 19.3 Å². The van der Waals surface area contributed by atoms with E-state index < -0.39 is 6.04 Å². The van der Waals surface area contributed by atoms with Gasteiger partial charge < -0.3 is 5.32 Å². The highest BCUT2D eigenvalue weighted by Gasteiger charge is 2.50. The zero-order valence-corrected chi connectivity index (χ0v) is 13.5. The Bertz CT molecular complexity index is 603. The lowest BCUT2D eigenvalue weighted by Gasteiger charge is -2.21. The van der Waals surface area contributed by atoms with E-state index in [0.717, 1.165) is 35.5 Å². The minimum Gasteiger partial charge on any atom is -0.300 e. The summed E-state index contributed by atoms with van der Waals surface area (Å²) in [6.45, 7) is 3.50. The van der Waals surface area contributed by atoms with Crippen molar-refractivity contribution < 1.29 is 14.4 Å². The number of nitrogens with zero attached hydrogens (tertiary/aromatic N) is 2. The summed E-state index contributed by atoms with van der Waals surface area (Å²) in [6.07, 6.45) is 5.14. The fourth-order valence-electron chi connectivity index (χ4n) is 3.31. The van der Waals surface area contributed by atoms with Crippen molar-refractivity contribution in [1.82, 2.24) is 9.88 Å². The Kier molecular flexibility index (Phi) is 3.99. The van der Waals surface area contributed by atoms with Gasteiger partial charge in [0.05, 0.1) is 11.8 Å². The van der Waals surface area contributed by atoms with Gasteiger partial charge in [-0.05, 0) is 26.7 Å². The van der Waals surface area contributed by atoms with Crippen LogP contribution in [-0.4, -0.2) is 33.6 Å². The van der Waals surface area contributed by atoms with Gasteiger partial charge in [-0.1, -0.05) is 12.8 Å². The fourth-order valence-corrected chi connectivity index (χ4v) is 3.98. The summed E-state index contributed by atoms with van der Waals surface area (Å²) in [6, 6.07) is -0.796. The maximum atomic E-state index is 12.5. The summed E-state index contributed by atoms with van der Waals surface area (Å²) >= 11 is 1.37. The molecule has 2 heterocycles. The summed E-state index contributed by atoms with van der Waals surface area (Å²) in [5, 5.41) is 3.18. The van der Waals surface area contributed by atoms with Gasteiger partial charge in [0.2, 0.25) is 17.7 Å². The molecule has 0 unspecified atom stereocenters.